The molecule has 3 heteroatoms. The second-order valence-electron chi connectivity index (χ2n) is 14.7. The number of nitrogens with one attached hydrogen (secondary N) is 1. The molecule has 0 aromatic rings. The highest BCUT2D eigenvalue weighted by atomic mass is 16.5. The molecule has 1 aliphatic carbocycles. The Bertz CT molecular complexity index is 941. The maximum absolute atomic E-state index is 13.7. The van der Waals surface area contributed by atoms with Crippen molar-refractivity contribution in [1.82, 2.24) is 5.32 Å². The molecule has 1 fully saturated rings. The first-order valence-corrected chi connectivity index (χ1v) is 20.9. The third-order valence-electron chi connectivity index (χ3n) is 10.4. The molecule has 274 valence electrons. The van der Waals surface area contributed by atoms with Crippen molar-refractivity contribution in [1.29, 1.82) is 0 Å². The molecule has 0 aromatic carbocycles. The van der Waals surface area contributed by atoms with Gasteiger partial charge in [0.05, 0.1) is 0 Å². The lowest BCUT2D eigenvalue weighted by atomic mass is 9.75. The highest BCUT2D eigenvalue weighted by Gasteiger charge is 2.42. The molecular formula is C45H77NO2. The minimum atomic E-state index is 0.245. The Labute approximate surface area is 298 Å². The van der Waals surface area contributed by atoms with Gasteiger partial charge < -0.3 is 10.1 Å². The van der Waals surface area contributed by atoms with Crippen molar-refractivity contribution in [3.05, 3.63) is 59.9 Å². The van der Waals surface area contributed by atoms with Crippen LogP contribution >= 0.6 is 0 Å². The molecule has 0 amide bonds. The molecule has 0 aromatic heterocycles. The summed E-state index contributed by atoms with van der Waals surface area (Å²) in [5.41, 5.74) is 1.11. The van der Waals surface area contributed by atoms with Gasteiger partial charge in [-0.15, -0.1) is 0 Å². The summed E-state index contributed by atoms with van der Waals surface area (Å²) >= 11 is 0. The van der Waals surface area contributed by atoms with Crippen molar-refractivity contribution in [3.63, 3.8) is 0 Å². The SMILES string of the molecule is CCCCCC=CCC=CCCCCCCCC(=O)C1=C(CCCCCCCC=CCC=CCCCCC)OC2CCC(CNC)CC12. The van der Waals surface area contributed by atoms with Gasteiger partial charge in [0.1, 0.15) is 11.9 Å². The van der Waals surface area contributed by atoms with Gasteiger partial charge in [0, 0.05) is 24.3 Å². The van der Waals surface area contributed by atoms with Gasteiger partial charge in [0.25, 0.3) is 0 Å². The number of ether oxygens (including phenoxy) is 1. The largest absolute Gasteiger partial charge is 0.494 e. The number of hydrogen-bond acceptors (Lipinski definition) is 3. The Kier molecular flexibility index (Phi) is 26.4. The van der Waals surface area contributed by atoms with E-state index in [0.717, 1.165) is 62.8 Å². The van der Waals surface area contributed by atoms with Crippen LogP contribution in [0.25, 0.3) is 0 Å². The van der Waals surface area contributed by atoms with E-state index in [2.05, 4.69) is 74.8 Å². The maximum atomic E-state index is 13.7. The number of carbonyl (C=O) groups is 1. The zero-order valence-corrected chi connectivity index (χ0v) is 32.0. The van der Waals surface area contributed by atoms with E-state index in [0.29, 0.717) is 24.0 Å². The summed E-state index contributed by atoms with van der Waals surface area (Å²) in [5.74, 6) is 2.47. The molecular weight excluding hydrogens is 587 g/mol. The Hall–Kier alpha value is -1.87. The van der Waals surface area contributed by atoms with Gasteiger partial charge in [0.15, 0.2) is 5.78 Å². The Morgan fingerprint density at radius 1 is 0.646 bits per heavy atom. The summed E-state index contributed by atoms with van der Waals surface area (Å²) in [5, 5.41) is 3.38. The fourth-order valence-corrected chi connectivity index (χ4v) is 7.49. The van der Waals surface area contributed by atoms with Gasteiger partial charge in [0.2, 0.25) is 0 Å². The predicted octanol–water partition coefficient (Wildman–Crippen LogP) is 13.5. The molecule has 0 saturated heterocycles. The van der Waals surface area contributed by atoms with E-state index in [1.54, 1.807) is 0 Å². The van der Waals surface area contributed by atoms with E-state index in [1.807, 2.05) is 0 Å². The molecule has 3 unspecified atom stereocenters. The summed E-state index contributed by atoms with van der Waals surface area (Å²) in [4.78, 5) is 13.7. The van der Waals surface area contributed by atoms with Crippen LogP contribution in [0.5, 0.6) is 0 Å². The molecule has 3 atom stereocenters. The zero-order valence-electron chi connectivity index (χ0n) is 32.0. The van der Waals surface area contributed by atoms with Crippen LogP contribution in [-0.2, 0) is 9.53 Å². The topological polar surface area (TPSA) is 38.3 Å². The number of allylic oxidation sites excluding steroid dienone is 9. The van der Waals surface area contributed by atoms with Gasteiger partial charge in [-0.1, -0.05) is 127 Å². The third-order valence-corrected chi connectivity index (χ3v) is 10.4. The van der Waals surface area contributed by atoms with E-state index < -0.39 is 0 Å². The second kappa shape index (κ2) is 30.0. The van der Waals surface area contributed by atoms with Crippen LogP contribution in [0.1, 0.15) is 187 Å². The Morgan fingerprint density at radius 3 is 1.69 bits per heavy atom. The Morgan fingerprint density at radius 2 is 1.15 bits per heavy atom. The molecule has 0 spiro atoms. The molecule has 1 saturated carbocycles. The van der Waals surface area contributed by atoms with E-state index in [9.17, 15) is 4.79 Å². The molecule has 1 heterocycles. The summed E-state index contributed by atoms with van der Waals surface area (Å²) < 4.78 is 6.59. The first kappa shape index (κ1) is 42.3. The fraction of sp³-hybridized carbons (Fsp3) is 0.756. The van der Waals surface area contributed by atoms with Crippen molar-refractivity contribution < 1.29 is 9.53 Å². The normalized spacial score (nSPS) is 19.9. The van der Waals surface area contributed by atoms with Crippen molar-refractivity contribution in [2.24, 2.45) is 11.8 Å². The molecule has 48 heavy (non-hydrogen) atoms. The van der Waals surface area contributed by atoms with E-state index in [1.165, 1.54) is 122 Å². The minimum absolute atomic E-state index is 0.245. The van der Waals surface area contributed by atoms with Crippen LogP contribution < -0.4 is 5.32 Å². The highest BCUT2D eigenvalue weighted by Crippen LogP contribution is 2.44. The molecule has 2 aliphatic rings. The number of rotatable bonds is 31. The van der Waals surface area contributed by atoms with Gasteiger partial charge in [-0.2, -0.15) is 0 Å². The zero-order chi connectivity index (χ0) is 34.3. The van der Waals surface area contributed by atoms with Crippen LogP contribution in [0.2, 0.25) is 0 Å². The molecule has 1 aliphatic heterocycles. The molecule has 1 N–H and O–H groups in total. The fourth-order valence-electron chi connectivity index (χ4n) is 7.49. The third kappa shape index (κ3) is 20.0. The summed E-state index contributed by atoms with van der Waals surface area (Å²) in [7, 11) is 2.05. The quantitative estimate of drug-likeness (QED) is 0.0592. The monoisotopic (exact) mass is 664 g/mol. The van der Waals surface area contributed by atoms with Crippen LogP contribution in [0.4, 0.5) is 0 Å². The number of carbonyl (C=O) groups excluding carboxylic acids is 1. The van der Waals surface area contributed by atoms with Gasteiger partial charge in [-0.3, -0.25) is 4.79 Å². The summed E-state index contributed by atoms with van der Waals surface area (Å²) in [6, 6.07) is 0. The lowest BCUT2D eigenvalue weighted by molar-refractivity contribution is -0.116. The lowest BCUT2D eigenvalue weighted by Gasteiger charge is -2.31. The van der Waals surface area contributed by atoms with Crippen molar-refractivity contribution in [2.75, 3.05) is 13.6 Å². The van der Waals surface area contributed by atoms with Crippen molar-refractivity contribution in [3.8, 4) is 0 Å². The number of hydrogen-bond donors (Lipinski definition) is 1. The Balaban J connectivity index is 1.66. The lowest BCUT2D eigenvalue weighted by Crippen LogP contribution is -2.33. The standard InChI is InChI=1S/C45H77NO2/c1-4-6-8-10-12-14-16-18-20-22-24-26-28-30-32-34-42(47)45-41-38-40(39-46-3)36-37-43(41)48-44(45)35-33-31-29-27-25-23-21-19-17-15-13-11-9-7-5-2/h12-15,18-21,40-41,43,46H,4-11,16-17,22-39H2,1-3H3. The molecule has 0 radical (unpaired) electrons. The van der Waals surface area contributed by atoms with Gasteiger partial charge >= 0.3 is 0 Å². The predicted molar refractivity (Wildman–Crippen MR) is 210 cm³/mol. The molecule has 0 bridgehead atoms. The van der Waals surface area contributed by atoms with Crippen LogP contribution in [-0.4, -0.2) is 25.5 Å². The smallest absolute Gasteiger partial charge is 0.162 e. The molecule has 2 rings (SSSR count). The average molecular weight is 664 g/mol. The van der Waals surface area contributed by atoms with Gasteiger partial charge in [-0.25, -0.2) is 0 Å². The number of ketones is 1. The average Bonchev–Trinajstić information content (AvgIpc) is 3.46. The van der Waals surface area contributed by atoms with Crippen molar-refractivity contribution in [2.45, 2.75) is 193 Å². The van der Waals surface area contributed by atoms with E-state index in [-0.39, 0.29) is 6.10 Å². The van der Waals surface area contributed by atoms with E-state index in [4.69, 9.17) is 4.74 Å². The number of Topliss-reactive ketones (excluding diaryl/α,β-unsaturated/α-hetero) is 1. The highest BCUT2D eigenvalue weighted by molar-refractivity contribution is 5.96. The van der Waals surface area contributed by atoms with E-state index >= 15 is 0 Å². The maximum Gasteiger partial charge on any atom is 0.162 e. The van der Waals surface area contributed by atoms with Gasteiger partial charge in [-0.05, 0) is 116 Å². The van der Waals surface area contributed by atoms with Crippen LogP contribution in [0, 0.1) is 11.8 Å². The minimum Gasteiger partial charge on any atom is -0.494 e. The van der Waals surface area contributed by atoms with Crippen LogP contribution in [0.3, 0.4) is 0 Å². The first-order chi connectivity index (χ1) is 23.7. The van der Waals surface area contributed by atoms with Crippen LogP contribution in [0.15, 0.2) is 59.9 Å². The van der Waals surface area contributed by atoms with Crippen molar-refractivity contribution >= 4 is 5.78 Å². The number of unbranched alkanes of at least 4 members (excludes halogenated alkanes) is 16. The summed E-state index contributed by atoms with van der Waals surface area (Å²) in [6.07, 6.45) is 51.1. The molecule has 3 nitrogen and oxygen atoms in total. The number of fused-ring (bicyclic) bond motifs is 1. The first-order valence-electron chi connectivity index (χ1n) is 20.9. The summed E-state index contributed by atoms with van der Waals surface area (Å²) in [6.45, 7) is 5.57. The second-order valence-corrected chi connectivity index (χ2v) is 14.7.